The predicted octanol–water partition coefficient (Wildman–Crippen LogP) is 3.27. The molecule has 2 N–H and O–H groups in total. The minimum Gasteiger partial charge on any atom is -0.377 e. The fraction of sp³-hybridized carbons (Fsp3) is 0.125. The standard InChI is InChI=1S/C16H15ClN2O2/c1-11-3-2-4-14(9-11)19-16(21)15(20)10-18-13-7-5-12(17)6-8-13/h2-9,18H,10H2,1H3,(H,19,21). The number of halogens is 1. The topological polar surface area (TPSA) is 58.2 Å². The summed E-state index contributed by atoms with van der Waals surface area (Å²) in [5, 5.41) is 6.07. The lowest BCUT2D eigenvalue weighted by atomic mass is 10.2. The second kappa shape index (κ2) is 6.90. The SMILES string of the molecule is Cc1cccc(NC(=O)C(=O)CNc2ccc(Cl)cc2)c1. The highest BCUT2D eigenvalue weighted by atomic mass is 35.5. The fourth-order valence-corrected chi connectivity index (χ4v) is 1.88. The summed E-state index contributed by atoms with van der Waals surface area (Å²) in [6.45, 7) is 1.85. The number of carbonyl (C=O) groups is 2. The quantitative estimate of drug-likeness (QED) is 0.833. The zero-order valence-electron chi connectivity index (χ0n) is 11.5. The first-order valence-electron chi connectivity index (χ1n) is 6.45. The van der Waals surface area contributed by atoms with Crippen molar-refractivity contribution in [3.63, 3.8) is 0 Å². The van der Waals surface area contributed by atoms with Gasteiger partial charge in [0.1, 0.15) is 0 Å². The molecule has 0 saturated heterocycles. The lowest BCUT2D eigenvalue weighted by Gasteiger charge is -2.07. The van der Waals surface area contributed by atoms with Crippen molar-refractivity contribution in [1.29, 1.82) is 0 Å². The van der Waals surface area contributed by atoms with E-state index in [1.54, 1.807) is 36.4 Å². The van der Waals surface area contributed by atoms with E-state index >= 15 is 0 Å². The van der Waals surface area contributed by atoms with Gasteiger partial charge < -0.3 is 10.6 Å². The molecular weight excluding hydrogens is 288 g/mol. The third-order valence-corrected chi connectivity index (χ3v) is 3.08. The highest BCUT2D eigenvalue weighted by Crippen LogP contribution is 2.13. The third-order valence-electron chi connectivity index (χ3n) is 2.83. The summed E-state index contributed by atoms with van der Waals surface area (Å²) in [6, 6.07) is 14.2. The molecule has 0 atom stereocenters. The van der Waals surface area contributed by atoms with Gasteiger partial charge in [-0.15, -0.1) is 0 Å². The van der Waals surface area contributed by atoms with Crippen molar-refractivity contribution in [2.45, 2.75) is 6.92 Å². The molecule has 0 spiro atoms. The molecule has 108 valence electrons. The highest BCUT2D eigenvalue weighted by Gasteiger charge is 2.13. The molecule has 5 heteroatoms. The van der Waals surface area contributed by atoms with Crippen LogP contribution in [0.3, 0.4) is 0 Å². The van der Waals surface area contributed by atoms with Crippen LogP contribution in [0.5, 0.6) is 0 Å². The largest absolute Gasteiger partial charge is 0.377 e. The summed E-state index contributed by atoms with van der Waals surface area (Å²) in [5.74, 6) is -1.17. The van der Waals surface area contributed by atoms with Gasteiger partial charge in [-0.05, 0) is 48.9 Å². The Balaban J connectivity index is 1.88. The molecule has 0 heterocycles. The number of nitrogens with one attached hydrogen (secondary N) is 2. The molecule has 0 aliphatic heterocycles. The van der Waals surface area contributed by atoms with E-state index in [2.05, 4.69) is 10.6 Å². The average Bonchev–Trinajstić information content (AvgIpc) is 2.46. The van der Waals surface area contributed by atoms with Gasteiger partial charge in [0.25, 0.3) is 5.91 Å². The van der Waals surface area contributed by atoms with E-state index in [-0.39, 0.29) is 6.54 Å². The van der Waals surface area contributed by atoms with E-state index < -0.39 is 11.7 Å². The van der Waals surface area contributed by atoms with E-state index in [9.17, 15) is 9.59 Å². The molecular formula is C16H15ClN2O2. The maximum atomic E-state index is 11.8. The number of ketones is 1. The van der Waals surface area contributed by atoms with Crippen molar-refractivity contribution < 1.29 is 9.59 Å². The summed E-state index contributed by atoms with van der Waals surface area (Å²) in [4.78, 5) is 23.5. The Hall–Kier alpha value is -2.33. The van der Waals surface area contributed by atoms with Gasteiger partial charge in [0.15, 0.2) is 0 Å². The van der Waals surface area contributed by atoms with Crippen molar-refractivity contribution in [2.24, 2.45) is 0 Å². The lowest BCUT2D eigenvalue weighted by Crippen LogP contribution is -2.28. The van der Waals surface area contributed by atoms with E-state index in [0.29, 0.717) is 10.7 Å². The summed E-state index contributed by atoms with van der Waals surface area (Å²) >= 11 is 5.77. The monoisotopic (exact) mass is 302 g/mol. The number of anilines is 2. The van der Waals surface area contributed by atoms with Crippen molar-refractivity contribution in [3.8, 4) is 0 Å². The Labute approximate surface area is 128 Å². The second-order valence-corrected chi connectivity index (χ2v) is 5.04. The van der Waals surface area contributed by atoms with Crippen LogP contribution in [0.4, 0.5) is 11.4 Å². The summed E-state index contributed by atoms with van der Waals surface area (Å²) in [7, 11) is 0. The minimum atomic E-state index is -0.637. The normalized spacial score (nSPS) is 10.0. The first-order valence-corrected chi connectivity index (χ1v) is 6.83. The van der Waals surface area contributed by atoms with E-state index in [1.165, 1.54) is 0 Å². The number of hydrogen-bond donors (Lipinski definition) is 2. The maximum Gasteiger partial charge on any atom is 0.293 e. The van der Waals surface area contributed by atoms with Gasteiger partial charge in [0.2, 0.25) is 5.78 Å². The Kier molecular flexibility index (Phi) is 4.95. The van der Waals surface area contributed by atoms with Crippen LogP contribution in [0.25, 0.3) is 0 Å². The molecule has 21 heavy (non-hydrogen) atoms. The van der Waals surface area contributed by atoms with Crippen molar-refractivity contribution in [2.75, 3.05) is 17.2 Å². The number of rotatable bonds is 5. The maximum absolute atomic E-state index is 11.8. The zero-order chi connectivity index (χ0) is 15.2. The summed E-state index contributed by atoms with van der Waals surface area (Å²) in [6.07, 6.45) is 0. The van der Waals surface area contributed by atoms with Crippen LogP contribution in [0, 0.1) is 6.92 Å². The van der Waals surface area contributed by atoms with Crippen LogP contribution < -0.4 is 10.6 Å². The molecule has 2 aromatic carbocycles. The van der Waals surface area contributed by atoms with Gasteiger partial charge in [-0.1, -0.05) is 23.7 Å². The molecule has 0 aromatic heterocycles. The minimum absolute atomic E-state index is 0.0702. The van der Waals surface area contributed by atoms with Crippen LogP contribution in [-0.4, -0.2) is 18.2 Å². The van der Waals surface area contributed by atoms with E-state index in [4.69, 9.17) is 11.6 Å². The van der Waals surface area contributed by atoms with Crippen molar-refractivity contribution in [1.82, 2.24) is 0 Å². The number of aryl methyl sites for hydroxylation is 1. The second-order valence-electron chi connectivity index (χ2n) is 4.61. The van der Waals surface area contributed by atoms with Gasteiger partial charge in [-0.3, -0.25) is 9.59 Å². The summed E-state index contributed by atoms with van der Waals surface area (Å²) < 4.78 is 0. The molecule has 0 fully saturated rings. The molecule has 0 aliphatic rings. The number of carbonyl (C=O) groups excluding carboxylic acids is 2. The average molecular weight is 303 g/mol. The molecule has 0 unspecified atom stereocenters. The lowest BCUT2D eigenvalue weighted by molar-refractivity contribution is -0.133. The molecule has 0 aliphatic carbocycles. The highest BCUT2D eigenvalue weighted by molar-refractivity contribution is 6.41. The van der Waals surface area contributed by atoms with Gasteiger partial charge in [-0.25, -0.2) is 0 Å². The first kappa shape index (κ1) is 15.1. The van der Waals surface area contributed by atoms with Crippen LogP contribution in [0.1, 0.15) is 5.56 Å². The van der Waals surface area contributed by atoms with Crippen LogP contribution in [0.15, 0.2) is 48.5 Å². The number of Topliss-reactive ketones (excluding diaryl/α,β-unsaturated/α-hetero) is 1. The van der Waals surface area contributed by atoms with Crippen LogP contribution >= 0.6 is 11.6 Å². The molecule has 1 amide bonds. The van der Waals surface area contributed by atoms with E-state index in [0.717, 1.165) is 11.3 Å². The Bertz CT molecular complexity index is 654. The fourth-order valence-electron chi connectivity index (χ4n) is 1.75. The van der Waals surface area contributed by atoms with Crippen LogP contribution in [0.2, 0.25) is 5.02 Å². The summed E-state index contributed by atoms with van der Waals surface area (Å²) in [5.41, 5.74) is 2.36. The molecule has 2 rings (SSSR count). The smallest absolute Gasteiger partial charge is 0.293 e. The molecule has 2 aromatic rings. The Morgan fingerprint density at radius 2 is 1.76 bits per heavy atom. The van der Waals surface area contributed by atoms with Crippen molar-refractivity contribution in [3.05, 3.63) is 59.1 Å². The van der Waals surface area contributed by atoms with E-state index in [1.807, 2.05) is 19.1 Å². The van der Waals surface area contributed by atoms with Gasteiger partial charge in [0.05, 0.1) is 6.54 Å². The Morgan fingerprint density at radius 3 is 2.43 bits per heavy atom. The first-order chi connectivity index (χ1) is 10.0. The third kappa shape index (κ3) is 4.61. The number of benzene rings is 2. The zero-order valence-corrected chi connectivity index (χ0v) is 12.3. The van der Waals surface area contributed by atoms with Gasteiger partial charge in [0, 0.05) is 16.4 Å². The molecule has 0 saturated carbocycles. The molecule has 4 nitrogen and oxygen atoms in total. The Morgan fingerprint density at radius 1 is 1.05 bits per heavy atom. The number of amides is 1. The molecule has 0 radical (unpaired) electrons. The van der Waals surface area contributed by atoms with Gasteiger partial charge >= 0.3 is 0 Å². The van der Waals surface area contributed by atoms with Gasteiger partial charge in [-0.2, -0.15) is 0 Å². The van der Waals surface area contributed by atoms with Crippen LogP contribution in [-0.2, 0) is 9.59 Å². The number of hydrogen-bond acceptors (Lipinski definition) is 3. The predicted molar refractivity (Wildman–Crippen MR) is 84.8 cm³/mol. The van der Waals surface area contributed by atoms with Crippen molar-refractivity contribution >= 4 is 34.7 Å². The molecule has 0 bridgehead atoms.